The first-order valence-electron chi connectivity index (χ1n) is 7.27. The van der Waals surface area contributed by atoms with Crippen molar-refractivity contribution in [3.63, 3.8) is 0 Å². The number of thiophene rings is 1. The van der Waals surface area contributed by atoms with Gasteiger partial charge in [-0.2, -0.15) is 8.78 Å². The lowest BCUT2D eigenvalue weighted by atomic mass is 10.0. The highest BCUT2D eigenvalue weighted by atomic mass is 35.5. The highest BCUT2D eigenvalue weighted by Crippen LogP contribution is 2.33. The molecule has 2 aromatic rings. The van der Waals surface area contributed by atoms with Gasteiger partial charge in [0.2, 0.25) is 0 Å². The molecule has 1 N–H and O–H groups in total. The first-order chi connectivity index (χ1) is 10.7. The molecule has 1 aliphatic rings. The lowest BCUT2D eigenvalue weighted by Gasteiger charge is -2.34. The summed E-state index contributed by atoms with van der Waals surface area (Å²) in [5, 5.41) is 5.42. The minimum Gasteiger partial charge on any atom is -0.435 e. The molecule has 3 nitrogen and oxygen atoms in total. The van der Waals surface area contributed by atoms with Gasteiger partial charge in [-0.15, -0.1) is 23.7 Å². The summed E-state index contributed by atoms with van der Waals surface area (Å²) in [4.78, 5) is 3.69. The van der Waals surface area contributed by atoms with Crippen LogP contribution in [0.4, 0.5) is 8.78 Å². The minimum absolute atomic E-state index is 0. The fourth-order valence-electron chi connectivity index (χ4n) is 2.77. The second-order valence-corrected chi connectivity index (χ2v) is 6.13. The first-order valence-corrected chi connectivity index (χ1v) is 8.15. The molecule has 0 spiro atoms. The van der Waals surface area contributed by atoms with E-state index in [2.05, 4.69) is 26.4 Å². The topological polar surface area (TPSA) is 24.5 Å². The van der Waals surface area contributed by atoms with Crippen molar-refractivity contribution < 1.29 is 13.5 Å². The van der Waals surface area contributed by atoms with Crippen molar-refractivity contribution in [2.75, 3.05) is 26.2 Å². The van der Waals surface area contributed by atoms with Gasteiger partial charge in [-0.05, 0) is 29.1 Å². The molecule has 0 bridgehead atoms. The molecular formula is C16H19ClF2N2OS. The highest BCUT2D eigenvalue weighted by molar-refractivity contribution is 7.10. The predicted octanol–water partition coefficient (Wildman–Crippen LogP) is 3.77. The van der Waals surface area contributed by atoms with Crippen LogP contribution in [-0.2, 0) is 0 Å². The van der Waals surface area contributed by atoms with Gasteiger partial charge in [-0.25, -0.2) is 0 Å². The maximum Gasteiger partial charge on any atom is 0.387 e. The molecule has 1 aromatic heterocycles. The average Bonchev–Trinajstić information content (AvgIpc) is 3.04. The van der Waals surface area contributed by atoms with Gasteiger partial charge in [0.1, 0.15) is 5.75 Å². The van der Waals surface area contributed by atoms with Crippen LogP contribution < -0.4 is 10.1 Å². The van der Waals surface area contributed by atoms with E-state index in [0.717, 1.165) is 31.7 Å². The number of nitrogens with one attached hydrogen (secondary N) is 1. The molecule has 23 heavy (non-hydrogen) atoms. The largest absolute Gasteiger partial charge is 0.435 e. The number of benzene rings is 1. The van der Waals surface area contributed by atoms with Crippen molar-refractivity contribution in [2.45, 2.75) is 12.7 Å². The number of piperazine rings is 1. The normalized spacial score (nSPS) is 16.8. The van der Waals surface area contributed by atoms with Gasteiger partial charge in [-0.3, -0.25) is 4.90 Å². The zero-order valence-corrected chi connectivity index (χ0v) is 14.1. The Morgan fingerprint density at radius 2 is 1.78 bits per heavy atom. The van der Waals surface area contributed by atoms with Crippen LogP contribution in [0.2, 0.25) is 0 Å². The number of nitrogens with zero attached hydrogens (tertiary/aromatic N) is 1. The van der Waals surface area contributed by atoms with Gasteiger partial charge < -0.3 is 10.1 Å². The number of hydrogen-bond donors (Lipinski definition) is 1. The number of hydrogen-bond acceptors (Lipinski definition) is 4. The van der Waals surface area contributed by atoms with Gasteiger partial charge in [-0.1, -0.05) is 18.2 Å². The van der Waals surface area contributed by atoms with Gasteiger partial charge >= 0.3 is 6.61 Å². The Morgan fingerprint density at radius 1 is 1.09 bits per heavy atom. The van der Waals surface area contributed by atoms with Crippen molar-refractivity contribution in [3.8, 4) is 5.75 Å². The van der Waals surface area contributed by atoms with Gasteiger partial charge in [0.15, 0.2) is 0 Å². The van der Waals surface area contributed by atoms with Crippen LogP contribution >= 0.6 is 23.7 Å². The van der Waals surface area contributed by atoms with Crippen LogP contribution in [0.1, 0.15) is 16.5 Å². The van der Waals surface area contributed by atoms with Crippen molar-refractivity contribution in [1.82, 2.24) is 10.2 Å². The van der Waals surface area contributed by atoms with Crippen LogP contribution in [-0.4, -0.2) is 37.7 Å². The summed E-state index contributed by atoms with van der Waals surface area (Å²) < 4.78 is 28.9. The summed E-state index contributed by atoms with van der Waals surface area (Å²) in [6, 6.07) is 11.3. The molecule has 1 aliphatic heterocycles. The Balaban J connectivity index is 0.00000192. The van der Waals surface area contributed by atoms with E-state index in [1.165, 1.54) is 4.88 Å². The molecule has 0 saturated carbocycles. The lowest BCUT2D eigenvalue weighted by Crippen LogP contribution is -2.45. The molecule has 1 fully saturated rings. The van der Waals surface area contributed by atoms with Crippen molar-refractivity contribution >= 4 is 23.7 Å². The summed E-state index contributed by atoms with van der Waals surface area (Å²) in [5.41, 5.74) is 1.10. The quantitative estimate of drug-likeness (QED) is 0.878. The summed E-state index contributed by atoms with van der Waals surface area (Å²) in [6.45, 7) is 1.09. The van der Waals surface area contributed by atoms with E-state index in [-0.39, 0.29) is 24.2 Å². The molecule has 0 aliphatic carbocycles. The summed E-state index contributed by atoms with van der Waals surface area (Å²) >= 11 is 1.72. The maximum atomic E-state index is 12.3. The molecule has 0 radical (unpaired) electrons. The second kappa shape index (κ2) is 8.59. The number of alkyl halides is 2. The van der Waals surface area contributed by atoms with Gasteiger partial charge in [0, 0.05) is 31.1 Å². The Kier molecular flexibility index (Phi) is 6.77. The van der Waals surface area contributed by atoms with Crippen LogP contribution in [0.15, 0.2) is 41.8 Å². The van der Waals surface area contributed by atoms with Gasteiger partial charge in [0.25, 0.3) is 0 Å². The Labute approximate surface area is 144 Å². The van der Waals surface area contributed by atoms with E-state index >= 15 is 0 Å². The first kappa shape index (κ1) is 18.1. The van der Waals surface area contributed by atoms with E-state index in [4.69, 9.17) is 0 Å². The maximum absolute atomic E-state index is 12.3. The highest BCUT2D eigenvalue weighted by Gasteiger charge is 2.24. The SMILES string of the molecule is Cl.FC(F)Oc1ccc([C@@H](c2cccs2)N2CCNCC2)cc1. The molecule has 1 aromatic carbocycles. The predicted molar refractivity (Wildman–Crippen MR) is 90.9 cm³/mol. The molecule has 3 rings (SSSR count). The molecule has 126 valence electrons. The van der Waals surface area contributed by atoms with E-state index < -0.39 is 6.61 Å². The molecule has 2 heterocycles. The summed E-state index contributed by atoms with van der Waals surface area (Å²) in [6.07, 6.45) is 0. The van der Waals surface area contributed by atoms with Crippen molar-refractivity contribution in [3.05, 3.63) is 52.2 Å². The fourth-order valence-corrected chi connectivity index (χ4v) is 3.66. The minimum atomic E-state index is -2.79. The zero-order chi connectivity index (χ0) is 15.4. The second-order valence-electron chi connectivity index (χ2n) is 5.15. The van der Waals surface area contributed by atoms with Crippen LogP contribution in [0.3, 0.4) is 0 Å². The third-order valence-corrected chi connectivity index (χ3v) is 4.68. The molecule has 0 unspecified atom stereocenters. The lowest BCUT2D eigenvalue weighted by molar-refractivity contribution is -0.0498. The molecule has 1 saturated heterocycles. The Bertz CT molecular complexity index is 574. The van der Waals surface area contributed by atoms with E-state index in [1.807, 2.05) is 18.2 Å². The van der Waals surface area contributed by atoms with Crippen molar-refractivity contribution in [2.24, 2.45) is 0 Å². The Hall–Kier alpha value is -1.21. The van der Waals surface area contributed by atoms with E-state index in [9.17, 15) is 8.78 Å². The third kappa shape index (κ3) is 4.64. The average molecular weight is 361 g/mol. The number of halogens is 3. The molecular weight excluding hydrogens is 342 g/mol. The monoisotopic (exact) mass is 360 g/mol. The van der Waals surface area contributed by atoms with Crippen LogP contribution in [0, 0.1) is 0 Å². The molecule has 0 amide bonds. The number of ether oxygens (including phenoxy) is 1. The Morgan fingerprint density at radius 3 is 2.35 bits per heavy atom. The van der Waals surface area contributed by atoms with Crippen LogP contribution in [0.25, 0.3) is 0 Å². The molecule has 1 atom stereocenters. The van der Waals surface area contributed by atoms with Crippen molar-refractivity contribution in [1.29, 1.82) is 0 Å². The van der Waals surface area contributed by atoms with E-state index in [0.29, 0.717) is 0 Å². The molecule has 7 heteroatoms. The van der Waals surface area contributed by atoms with E-state index in [1.54, 1.807) is 23.5 Å². The fraction of sp³-hybridized carbons (Fsp3) is 0.375. The summed E-state index contributed by atoms with van der Waals surface area (Å²) in [5.74, 6) is 0.198. The zero-order valence-electron chi connectivity index (χ0n) is 12.5. The standard InChI is InChI=1S/C16H18F2N2OS.ClH/c17-16(18)21-13-5-3-12(4-6-13)15(14-2-1-11-22-14)20-9-7-19-8-10-20;/h1-6,11,15-16,19H,7-10H2;1H/t15-;/m0./s1. The smallest absolute Gasteiger partial charge is 0.387 e. The third-order valence-electron chi connectivity index (χ3n) is 3.75. The van der Waals surface area contributed by atoms with Crippen LogP contribution in [0.5, 0.6) is 5.75 Å². The number of rotatable bonds is 5. The van der Waals surface area contributed by atoms with Gasteiger partial charge in [0.05, 0.1) is 6.04 Å². The summed E-state index contributed by atoms with van der Waals surface area (Å²) in [7, 11) is 0.